The Bertz CT molecular complexity index is 524. The molecule has 0 bridgehead atoms. The van der Waals surface area contributed by atoms with Crippen molar-refractivity contribution in [1.29, 1.82) is 0 Å². The number of carbonyl (C=O) groups excluding carboxylic acids is 3. The van der Waals surface area contributed by atoms with Crippen LogP contribution in [-0.2, 0) is 4.79 Å². The van der Waals surface area contributed by atoms with Crippen LogP contribution in [0.1, 0.15) is 33.6 Å². The highest BCUT2D eigenvalue weighted by Gasteiger charge is 2.43. The fraction of sp³-hybridized carbons (Fsp3) is 0.308. The number of nitrogens with one attached hydrogen (secondary N) is 1. The van der Waals surface area contributed by atoms with Gasteiger partial charge in [0.15, 0.2) is 0 Å². The number of halogens is 1. The van der Waals surface area contributed by atoms with Gasteiger partial charge in [-0.2, -0.15) is 0 Å². The molecule has 19 heavy (non-hydrogen) atoms. The second-order valence-electron chi connectivity index (χ2n) is 4.47. The molecule has 0 radical (unpaired) electrons. The Morgan fingerprint density at radius 2 is 1.63 bits per heavy atom. The molecule has 1 saturated heterocycles. The molecule has 6 heteroatoms. The van der Waals surface area contributed by atoms with Crippen LogP contribution in [0.15, 0.2) is 24.3 Å². The van der Waals surface area contributed by atoms with Crippen LogP contribution in [0.2, 0.25) is 0 Å². The molecule has 0 spiro atoms. The normalized spacial score (nSPS) is 21.8. The van der Waals surface area contributed by atoms with Gasteiger partial charge in [-0.15, -0.1) is 12.4 Å². The van der Waals surface area contributed by atoms with E-state index in [0.717, 1.165) is 11.3 Å². The topological polar surface area (TPSA) is 66.5 Å². The number of fused-ring (bicyclic) bond motifs is 1. The molecule has 2 aliphatic rings. The third-order valence-electron chi connectivity index (χ3n) is 3.39. The highest BCUT2D eigenvalue weighted by Crippen LogP contribution is 2.26. The van der Waals surface area contributed by atoms with Crippen molar-refractivity contribution in [1.82, 2.24) is 10.2 Å². The summed E-state index contributed by atoms with van der Waals surface area (Å²) in [6.07, 6.45) is 1.32. The van der Waals surface area contributed by atoms with Gasteiger partial charge in [0, 0.05) is 6.54 Å². The molecule has 0 aromatic heterocycles. The maximum atomic E-state index is 12.2. The molecule has 3 rings (SSSR count). The minimum Gasteiger partial charge on any atom is -0.354 e. The van der Waals surface area contributed by atoms with E-state index in [1.54, 1.807) is 24.3 Å². The number of rotatable bonds is 1. The number of amides is 3. The minimum absolute atomic E-state index is 0. The van der Waals surface area contributed by atoms with E-state index >= 15 is 0 Å². The monoisotopic (exact) mass is 280 g/mol. The van der Waals surface area contributed by atoms with Crippen LogP contribution in [0, 0.1) is 0 Å². The first-order valence-corrected chi connectivity index (χ1v) is 5.95. The van der Waals surface area contributed by atoms with Crippen molar-refractivity contribution in [2.75, 3.05) is 6.54 Å². The van der Waals surface area contributed by atoms with Crippen molar-refractivity contribution in [3.05, 3.63) is 35.4 Å². The van der Waals surface area contributed by atoms with Gasteiger partial charge < -0.3 is 5.32 Å². The van der Waals surface area contributed by atoms with E-state index in [0.29, 0.717) is 24.1 Å². The smallest absolute Gasteiger partial charge is 0.262 e. The number of hydrogen-bond acceptors (Lipinski definition) is 3. The van der Waals surface area contributed by atoms with Gasteiger partial charge in [-0.1, -0.05) is 12.1 Å². The van der Waals surface area contributed by atoms with Crippen molar-refractivity contribution in [3.8, 4) is 0 Å². The maximum absolute atomic E-state index is 12.2. The molecule has 0 saturated carbocycles. The Labute approximate surface area is 116 Å². The van der Waals surface area contributed by atoms with Gasteiger partial charge in [-0.05, 0) is 25.0 Å². The second kappa shape index (κ2) is 5.01. The zero-order valence-electron chi connectivity index (χ0n) is 10.1. The number of nitrogens with zero attached hydrogens (tertiary/aromatic N) is 1. The zero-order valence-corrected chi connectivity index (χ0v) is 10.9. The predicted molar refractivity (Wildman–Crippen MR) is 70.2 cm³/mol. The highest BCUT2D eigenvalue weighted by atomic mass is 35.5. The average molecular weight is 281 g/mol. The van der Waals surface area contributed by atoms with Crippen LogP contribution in [0.4, 0.5) is 0 Å². The van der Waals surface area contributed by atoms with E-state index in [4.69, 9.17) is 0 Å². The van der Waals surface area contributed by atoms with E-state index < -0.39 is 6.04 Å². The number of carbonyl (C=O) groups is 3. The molecule has 1 aromatic carbocycles. The fourth-order valence-corrected chi connectivity index (χ4v) is 2.49. The lowest BCUT2D eigenvalue weighted by molar-refractivity contribution is -0.126. The summed E-state index contributed by atoms with van der Waals surface area (Å²) in [5, 5.41) is 2.69. The van der Waals surface area contributed by atoms with Crippen LogP contribution in [0.3, 0.4) is 0 Å². The first-order valence-electron chi connectivity index (χ1n) is 5.95. The largest absolute Gasteiger partial charge is 0.354 e. The van der Waals surface area contributed by atoms with Gasteiger partial charge in [0.05, 0.1) is 11.1 Å². The Kier molecular flexibility index (Phi) is 3.57. The Morgan fingerprint density at radius 3 is 2.16 bits per heavy atom. The molecular formula is C13H13ClN2O3. The Hall–Kier alpha value is -1.88. The zero-order chi connectivity index (χ0) is 12.7. The van der Waals surface area contributed by atoms with E-state index in [2.05, 4.69) is 5.32 Å². The van der Waals surface area contributed by atoms with Gasteiger partial charge in [0.25, 0.3) is 11.8 Å². The van der Waals surface area contributed by atoms with Crippen molar-refractivity contribution >= 4 is 30.1 Å². The number of benzene rings is 1. The van der Waals surface area contributed by atoms with Crippen LogP contribution < -0.4 is 5.32 Å². The maximum Gasteiger partial charge on any atom is 0.262 e. The predicted octanol–water partition coefficient (Wildman–Crippen LogP) is 0.983. The molecule has 2 aliphatic heterocycles. The summed E-state index contributed by atoms with van der Waals surface area (Å²) in [6.45, 7) is 0.610. The fourth-order valence-electron chi connectivity index (χ4n) is 2.49. The van der Waals surface area contributed by atoms with E-state index in [-0.39, 0.29) is 30.1 Å². The van der Waals surface area contributed by atoms with Gasteiger partial charge in [0.1, 0.15) is 6.04 Å². The minimum atomic E-state index is -0.661. The molecule has 1 N–H and O–H groups in total. The van der Waals surface area contributed by atoms with Crippen molar-refractivity contribution < 1.29 is 14.4 Å². The van der Waals surface area contributed by atoms with Gasteiger partial charge >= 0.3 is 0 Å². The summed E-state index contributed by atoms with van der Waals surface area (Å²) >= 11 is 0. The third kappa shape index (κ3) is 2.00. The molecule has 5 nitrogen and oxygen atoms in total. The molecule has 1 aromatic rings. The first-order chi connectivity index (χ1) is 8.70. The molecule has 2 heterocycles. The molecular weight excluding hydrogens is 268 g/mol. The molecule has 1 fully saturated rings. The van der Waals surface area contributed by atoms with E-state index in [1.165, 1.54) is 0 Å². The second-order valence-corrected chi connectivity index (χ2v) is 4.47. The summed E-state index contributed by atoms with van der Waals surface area (Å²) in [7, 11) is 0. The highest BCUT2D eigenvalue weighted by molar-refractivity contribution is 6.22. The molecule has 100 valence electrons. The van der Waals surface area contributed by atoms with Crippen molar-refractivity contribution in [2.45, 2.75) is 18.9 Å². The van der Waals surface area contributed by atoms with Crippen molar-refractivity contribution in [2.24, 2.45) is 0 Å². The quantitative estimate of drug-likeness (QED) is 0.780. The first kappa shape index (κ1) is 13.5. The summed E-state index contributed by atoms with van der Waals surface area (Å²) in [5.41, 5.74) is 0.779. The number of hydrogen-bond donors (Lipinski definition) is 1. The summed E-state index contributed by atoms with van der Waals surface area (Å²) in [5.74, 6) is -0.967. The lowest BCUT2D eigenvalue weighted by atomic mass is 10.1. The third-order valence-corrected chi connectivity index (χ3v) is 3.39. The van der Waals surface area contributed by atoms with Crippen LogP contribution in [-0.4, -0.2) is 35.2 Å². The molecule has 0 unspecified atom stereocenters. The summed E-state index contributed by atoms with van der Waals surface area (Å²) < 4.78 is 0. The van der Waals surface area contributed by atoms with Crippen LogP contribution >= 0.6 is 12.4 Å². The van der Waals surface area contributed by atoms with Gasteiger partial charge in [0.2, 0.25) is 5.91 Å². The summed E-state index contributed by atoms with van der Waals surface area (Å²) in [4.78, 5) is 37.2. The molecule has 3 amide bonds. The van der Waals surface area contributed by atoms with Crippen molar-refractivity contribution in [3.63, 3.8) is 0 Å². The summed E-state index contributed by atoms with van der Waals surface area (Å²) in [6, 6.07) is 6.02. The average Bonchev–Trinajstić information content (AvgIpc) is 2.64. The lowest BCUT2D eigenvalue weighted by Gasteiger charge is -2.28. The van der Waals surface area contributed by atoms with Crippen LogP contribution in [0.25, 0.3) is 0 Å². The van der Waals surface area contributed by atoms with E-state index in [9.17, 15) is 14.4 Å². The standard InChI is InChI=1S/C13H12N2O3.ClH/c16-11-10(6-3-7-14-11)15-12(17)8-4-1-2-5-9(8)13(15)18;/h1-2,4-5,10H,3,6-7H2,(H,14,16);1H/t10-;/m1./s1. The SMILES string of the molecule is Cl.O=C1NCCC[C@H]1N1C(=O)c2ccccc2C1=O. The number of imide groups is 1. The molecule has 1 atom stereocenters. The lowest BCUT2D eigenvalue weighted by Crippen LogP contribution is -2.52. The Morgan fingerprint density at radius 1 is 1.05 bits per heavy atom. The Balaban J connectivity index is 0.00000133. The number of piperidine rings is 1. The van der Waals surface area contributed by atoms with Gasteiger partial charge in [-0.25, -0.2) is 0 Å². The molecule has 0 aliphatic carbocycles. The van der Waals surface area contributed by atoms with Gasteiger partial charge in [-0.3, -0.25) is 19.3 Å². The van der Waals surface area contributed by atoms with E-state index in [1.807, 2.05) is 0 Å². The van der Waals surface area contributed by atoms with Crippen LogP contribution in [0.5, 0.6) is 0 Å².